The smallest absolute Gasteiger partial charge is 0.391 e. The highest BCUT2D eigenvalue weighted by Gasteiger charge is 2.15. The minimum absolute atomic E-state index is 0.116. The maximum absolute atomic E-state index is 11.5. The van der Waals surface area contributed by atoms with Crippen molar-refractivity contribution in [1.29, 1.82) is 0 Å². The molecule has 0 N–H and O–H groups in total. The van der Waals surface area contributed by atoms with Crippen LogP contribution in [0.15, 0.2) is 6.07 Å². The summed E-state index contributed by atoms with van der Waals surface area (Å²) < 4.78 is 11.9. The van der Waals surface area contributed by atoms with Gasteiger partial charge in [0.1, 0.15) is 0 Å². The van der Waals surface area contributed by atoms with Crippen LogP contribution in [0.2, 0.25) is 0 Å². The van der Waals surface area contributed by atoms with Crippen molar-refractivity contribution >= 4 is 6.09 Å². The summed E-state index contributed by atoms with van der Waals surface area (Å²) in [6.07, 6.45) is -0.421. The Morgan fingerprint density at radius 3 is 2.65 bits per heavy atom. The topological polar surface area (TPSA) is 56.6 Å². The zero-order chi connectivity index (χ0) is 13.0. The molecule has 0 aliphatic rings. The van der Waals surface area contributed by atoms with Gasteiger partial charge in [-0.15, -0.1) is 0 Å². The molecular weight excluding hydrogens is 222 g/mol. The molecule has 1 amide bonds. The number of carbonyl (C=O) groups is 1. The van der Waals surface area contributed by atoms with E-state index < -0.39 is 6.09 Å². The normalized spacial score (nSPS) is 10.7. The first kappa shape index (κ1) is 13.5. The van der Waals surface area contributed by atoms with Gasteiger partial charge in [0, 0.05) is 27.3 Å². The number of aromatic nitrogens is 2. The van der Waals surface area contributed by atoms with Gasteiger partial charge in [-0.3, -0.25) is 0 Å². The van der Waals surface area contributed by atoms with E-state index in [1.54, 1.807) is 32.0 Å². The van der Waals surface area contributed by atoms with Gasteiger partial charge < -0.3 is 14.4 Å². The van der Waals surface area contributed by atoms with E-state index in [-0.39, 0.29) is 6.04 Å². The van der Waals surface area contributed by atoms with Gasteiger partial charge in [-0.1, -0.05) is 0 Å². The monoisotopic (exact) mass is 241 g/mol. The Morgan fingerprint density at radius 1 is 1.53 bits per heavy atom. The van der Waals surface area contributed by atoms with E-state index in [0.717, 1.165) is 5.69 Å². The minimum atomic E-state index is -0.421. The quantitative estimate of drug-likeness (QED) is 0.804. The van der Waals surface area contributed by atoms with Gasteiger partial charge >= 0.3 is 6.09 Å². The highest BCUT2D eigenvalue weighted by Crippen LogP contribution is 2.19. The zero-order valence-corrected chi connectivity index (χ0v) is 10.9. The summed E-state index contributed by atoms with van der Waals surface area (Å²) >= 11 is 0. The van der Waals surface area contributed by atoms with Gasteiger partial charge in [0.25, 0.3) is 0 Å². The largest absolute Gasteiger partial charge is 0.416 e. The number of hydrogen-bond donors (Lipinski definition) is 0. The fourth-order valence-corrected chi connectivity index (χ4v) is 1.27. The molecule has 17 heavy (non-hydrogen) atoms. The first-order chi connectivity index (χ1) is 7.95. The second-order valence-electron chi connectivity index (χ2n) is 4.21. The minimum Gasteiger partial charge on any atom is -0.391 e. The molecule has 1 aromatic heterocycles. The number of nitrogens with zero attached hydrogens (tertiary/aromatic N) is 3. The van der Waals surface area contributed by atoms with E-state index in [1.807, 2.05) is 13.8 Å². The molecule has 1 rings (SSSR count). The Kier molecular flexibility index (Phi) is 4.51. The Bertz CT molecular complexity index is 385. The summed E-state index contributed by atoms with van der Waals surface area (Å²) in [7, 11) is 4.86. The predicted octanol–water partition coefficient (Wildman–Crippen LogP) is 1.67. The van der Waals surface area contributed by atoms with E-state index in [2.05, 4.69) is 5.10 Å². The van der Waals surface area contributed by atoms with Crippen LogP contribution >= 0.6 is 0 Å². The average molecular weight is 241 g/mol. The van der Waals surface area contributed by atoms with Crippen LogP contribution in [0.25, 0.3) is 0 Å². The van der Waals surface area contributed by atoms with Crippen molar-refractivity contribution in [2.45, 2.75) is 26.5 Å². The molecule has 0 spiro atoms. The van der Waals surface area contributed by atoms with Gasteiger partial charge in [-0.25, -0.2) is 9.48 Å². The summed E-state index contributed by atoms with van der Waals surface area (Å²) in [6, 6.07) is 1.83. The molecule has 1 aromatic rings. The number of methoxy groups -OCH3 is 1. The van der Waals surface area contributed by atoms with Crippen LogP contribution in [0, 0.1) is 0 Å². The van der Waals surface area contributed by atoms with Crippen molar-refractivity contribution in [2.24, 2.45) is 0 Å². The van der Waals surface area contributed by atoms with Gasteiger partial charge in [-0.2, -0.15) is 5.10 Å². The standard InChI is InChI=1S/C11H19N3O3/c1-8(2)14-10(17-11(15)13(3)4)6-9(12-14)7-16-5/h6,8H,7H2,1-5H3. The van der Waals surface area contributed by atoms with Crippen molar-refractivity contribution in [3.63, 3.8) is 0 Å². The van der Waals surface area contributed by atoms with E-state index >= 15 is 0 Å². The van der Waals surface area contributed by atoms with Crippen LogP contribution in [-0.2, 0) is 11.3 Å². The fourth-order valence-electron chi connectivity index (χ4n) is 1.27. The number of rotatable bonds is 4. The maximum atomic E-state index is 11.5. The Balaban J connectivity index is 2.92. The first-order valence-corrected chi connectivity index (χ1v) is 5.42. The lowest BCUT2D eigenvalue weighted by molar-refractivity contribution is 0.166. The molecule has 0 atom stereocenters. The molecule has 0 fully saturated rings. The lowest BCUT2D eigenvalue weighted by Crippen LogP contribution is -2.26. The molecule has 0 saturated carbocycles. The van der Waals surface area contributed by atoms with Gasteiger partial charge in [0.15, 0.2) is 0 Å². The van der Waals surface area contributed by atoms with E-state index in [9.17, 15) is 4.79 Å². The van der Waals surface area contributed by atoms with Crippen molar-refractivity contribution in [3.8, 4) is 5.88 Å². The second-order valence-corrected chi connectivity index (χ2v) is 4.21. The van der Waals surface area contributed by atoms with Crippen LogP contribution < -0.4 is 4.74 Å². The summed E-state index contributed by atoms with van der Waals surface area (Å²) in [4.78, 5) is 12.9. The molecule has 0 saturated heterocycles. The number of hydrogen-bond acceptors (Lipinski definition) is 4. The second kappa shape index (κ2) is 5.67. The van der Waals surface area contributed by atoms with Gasteiger partial charge in [0.2, 0.25) is 5.88 Å². The molecule has 6 nitrogen and oxygen atoms in total. The Morgan fingerprint density at radius 2 is 2.18 bits per heavy atom. The third-order valence-corrected chi connectivity index (χ3v) is 2.09. The van der Waals surface area contributed by atoms with Crippen molar-refractivity contribution in [3.05, 3.63) is 11.8 Å². The number of carbonyl (C=O) groups excluding carboxylic acids is 1. The van der Waals surface area contributed by atoms with Crippen LogP contribution in [-0.4, -0.2) is 42.0 Å². The van der Waals surface area contributed by atoms with Crippen molar-refractivity contribution < 1.29 is 14.3 Å². The Hall–Kier alpha value is -1.56. The molecular formula is C11H19N3O3. The molecule has 0 bridgehead atoms. The SMILES string of the molecule is COCc1cc(OC(=O)N(C)C)n(C(C)C)n1. The van der Waals surface area contributed by atoms with Gasteiger partial charge in [0.05, 0.1) is 18.3 Å². The van der Waals surface area contributed by atoms with E-state index in [4.69, 9.17) is 9.47 Å². The first-order valence-electron chi connectivity index (χ1n) is 5.42. The summed E-state index contributed by atoms with van der Waals surface area (Å²) in [5, 5.41) is 4.31. The fraction of sp³-hybridized carbons (Fsp3) is 0.636. The number of ether oxygens (including phenoxy) is 2. The average Bonchev–Trinajstić information content (AvgIpc) is 2.61. The van der Waals surface area contributed by atoms with E-state index in [1.165, 1.54) is 4.90 Å². The van der Waals surface area contributed by atoms with Crippen LogP contribution in [0.1, 0.15) is 25.6 Å². The molecule has 6 heteroatoms. The van der Waals surface area contributed by atoms with Crippen molar-refractivity contribution in [2.75, 3.05) is 21.2 Å². The van der Waals surface area contributed by atoms with Crippen LogP contribution in [0.5, 0.6) is 5.88 Å². The molecule has 0 aliphatic carbocycles. The highest BCUT2D eigenvalue weighted by atomic mass is 16.6. The lowest BCUT2D eigenvalue weighted by Gasteiger charge is -2.13. The molecule has 0 aromatic carbocycles. The summed E-state index contributed by atoms with van der Waals surface area (Å²) in [5.41, 5.74) is 0.739. The molecule has 0 aliphatic heterocycles. The maximum Gasteiger partial charge on any atom is 0.416 e. The third kappa shape index (κ3) is 3.45. The number of amides is 1. The predicted molar refractivity (Wildman–Crippen MR) is 63.0 cm³/mol. The summed E-state index contributed by atoms with van der Waals surface area (Å²) in [5.74, 6) is 0.436. The molecule has 0 radical (unpaired) electrons. The van der Waals surface area contributed by atoms with Crippen LogP contribution in [0.4, 0.5) is 4.79 Å². The van der Waals surface area contributed by atoms with Gasteiger partial charge in [-0.05, 0) is 13.8 Å². The zero-order valence-electron chi connectivity index (χ0n) is 10.9. The van der Waals surface area contributed by atoms with Crippen molar-refractivity contribution in [1.82, 2.24) is 14.7 Å². The third-order valence-electron chi connectivity index (χ3n) is 2.09. The van der Waals surface area contributed by atoms with Crippen LogP contribution in [0.3, 0.4) is 0 Å². The highest BCUT2D eigenvalue weighted by molar-refractivity contribution is 5.69. The molecule has 0 unspecified atom stereocenters. The lowest BCUT2D eigenvalue weighted by atomic mass is 10.4. The summed E-state index contributed by atoms with van der Waals surface area (Å²) in [6.45, 7) is 4.33. The Labute approximate surface area is 101 Å². The molecule has 1 heterocycles. The van der Waals surface area contributed by atoms with E-state index in [0.29, 0.717) is 12.5 Å². The molecule has 96 valence electrons.